The molecule has 0 amide bonds. The Labute approximate surface area is 116 Å². The first-order valence-corrected chi connectivity index (χ1v) is 8.24. The van der Waals surface area contributed by atoms with E-state index in [1.165, 1.54) is 57.9 Å². The van der Waals surface area contributed by atoms with Crippen LogP contribution >= 0.6 is 0 Å². The predicted octanol–water partition coefficient (Wildman–Crippen LogP) is 5.40. The van der Waals surface area contributed by atoms with Crippen molar-refractivity contribution in [1.29, 1.82) is 0 Å². The highest BCUT2D eigenvalue weighted by molar-refractivity contribution is 4.77. The molecule has 0 fully saturated rings. The quantitative estimate of drug-likeness (QED) is 0.460. The van der Waals surface area contributed by atoms with Crippen molar-refractivity contribution in [3.8, 4) is 0 Å². The molecule has 0 saturated heterocycles. The van der Waals surface area contributed by atoms with Gasteiger partial charge in [0.2, 0.25) is 0 Å². The number of nitrogens with one attached hydrogen (secondary N) is 1. The van der Waals surface area contributed by atoms with Crippen LogP contribution in [0.2, 0.25) is 0 Å². The van der Waals surface area contributed by atoms with E-state index in [0.717, 1.165) is 12.5 Å². The highest BCUT2D eigenvalue weighted by atomic mass is 14.9. The Morgan fingerprint density at radius 3 is 2.11 bits per heavy atom. The van der Waals surface area contributed by atoms with Gasteiger partial charge in [-0.2, -0.15) is 0 Å². The maximum atomic E-state index is 3.66. The smallest absolute Gasteiger partial charge is 0.000527 e. The molecule has 0 saturated carbocycles. The second-order valence-electron chi connectivity index (χ2n) is 6.75. The van der Waals surface area contributed by atoms with Crippen molar-refractivity contribution in [2.75, 3.05) is 13.1 Å². The van der Waals surface area contributed by atoms with Crippen LogP contribution in [0, 0.1) is 11.3 Å². The number of rotatable bonds is 12. The molecule has 1 nitrogen and oxygen atoms in total. The summed E-state index contributed by atoms with van der Waals surface area (Å²) < 4.78 is 0. The van der Waals surface area contributed by atoms with Gasteiger partial charge in [-0.05, 0) is 30.7 Å². The molecular formula is C17H37N. The molecule has 18 heavy (non-hydrogen) atoms. The number of unbranched alkanes of at least 4 members (excludes halogenated alkanes) is 4. The average molecular weight is 255 g/mol. The molecule has 0 aliphatic rings. The van der Waals surface area contributed by atoms with E-state index in [-0.39, 0.29) is 0 Å². The van der Waals surface area contributed by atoms with Crippen LogP contribution in [-0.2, 0) is 0 Å². The molecule has 0 heterocycles. The minimum atomic E-state index is 0.524. The lowest BCUT2D eigenvalue weighted by Crippen LogP contribution is -2.33. The topological polar surface area (TPSA) is 12.0 Å². The third-order valence-corrected chi connectivity index (χ3v) is 3.84. The van der Waals surface area contributed by atoms with Gasteiger partial charge < -0.3 is 5.32 Å². The van der Waals surface area contributed by atoms with Crippen LogP contribution in [0.15, 0.2) is 0 Å². The van der Waals surface area contributed by atoms with Crippen LogP contribution < -0.4 is 5.32 Å². The maximum Gasteiger partial charge on any atom is 0.000527 e. The Morgan fingerprint density at radius 2 is 1.56 bits per heavy atom. The molecule has 0 aromatic carbocycles. The van der Waals surface area contributed by atoms with Gasteiger partial charge in [0.05, 0.1) is 0 Å². The average Bonchev–Trinajstić information content (AvgIpc) is 2.28. The van der Waals surface area contributed by atoms with E-state index in [1.807, 2.05) is 0 Å². The summed E-state index contributed by atoms with van der Waals surface area (Å²) >= 11 is 0. The molecule has 0 radical (unpaired) electrons. The van der Waals surface area contributed by atoms with E-state index >= 15 is 0 Å². The van der Waals surface area contributed by atoms with Crippen molar-refractivity contribution in [2.45, 2.75) is 86.0 Å². The predicted molar refractivity (Wildman–Crippen MR) is 84.1 cm³/mol. The SMILES string of the molecule is CCCCCCCC(C)(CCC)CNCC(C)C. The van der Waals surface area contributed by atoms with Crippen LogP contribution in [0.5, 0.6) is 0 Å². The zero-order valence-electron chi connectivity index (χ0n) is 13.6. The lowest BCUT2D eigenvalue weighted by Gasteiger charge is -2.30. The molecule has 0 aromatic rings. The first kappa shape index (κ1) is 18.0. The van der Waals surface area contributed by atoms with E-state index in [1.54, 1.807) is 0 Å². The van der Waals surface area contributed by atoms with Gasteiger partial charge in [-0.15, -0.1) is 0 Å². The summed E-state index contributed by atoms with van der Waals surface area (Å²) in [7, 11) is 0. The normalized spacial score (nSPS) is 15.0. The monoisotopic (exact) mass is 255 g/mol. The van der Waals surface area contributed by atoms with Crippen LogP contribution in [0.25, 0.3) is 0 Å². The lowest BCUT2D eigenvalue weighted by molar-refractivity contribution is 0.243. The summed E-state index contributed by atoms with van der Waals surface area (Å²) in [6.45, 7) is 14.0. The van der Waals surface area contributed by atoms with Crippen molar-refractivity contribution in [3.05, 3.63) is 0 Å². The van der Waals surface area contributed by atoms with E-state index in [9.17, 15) is 0 Å². The first-order chi connectivity index (χ1) is 8.54. The highest BCUT2D eigenvalue weighted by Crippen LogP contribution is 2.29. The summed E-state index contributed by atoms with van der Waals surface area (Å²) in [5.41, 5.74) is 0.524. The molecular weight excluding hydrogens is 218 g/mol. The molecule has 110 valence electrons. The van der Waals surface area contributed by atoms with Gasteiger partial charge in [0, 0.05) is 6.54 Å². The summed E-state index contributed by atoms with van der Waals surface area (Å²) in [6, 6.07) is 0. The molecule has 0 rings (SSSR count). The van der Waals surface area contributed by atoms with Crippen LogP contribution in [0.3, 0.4) is 0 Å². The molecule has 0 aromatic heterocycles. The zero-order chi connectivity index (χ0) is 13.9. The molecule has 0 spiro atoms. The molecule has 0 aliphatic carbocycles. The maximum absolute atomic E-state index is 3.66. The fourth-order valence-electron chi connectivity index (χ4n) is 2.72. The van der Waals surface area contributed by atoms with Gasteiger partial charge in [-0.1, -0.05) is 73.1 Å². The van der Waals surface area contributed by atoms with Crippen LogP contribution in [0.1, 0.15) is 86.0 Å². The second kappa shape index (κ2) is 10.8. The van der Waals surface area contributed by atoms with Gasteiger partial charge in [0.15, 0.2) is 0 Å². The highest BCUT2D eigenvalue weighted by Gasteiger charge is 2.22. The van der Waals surface area contributed by atoms with Gasteiger partial charge in [0.25, 0.3) is 0 Å². The van der Waals surface area contributed by atoms with E-state index < -0.39 is 0 Å². The standard InChI is InChI=1S/C17H37N/c1-6-8-9-10-11-13-17(5,12-7-2)15-18-14-16(3)4/h16,18H,6-15H2,1-5H3. The van der Waals surface area contributed by atoms with Crippen molar-refractivity contribution in [3.63, 3.8) is 0 Å². The van der Waals surface area contributed by atoms with Gasteiger partial charge in [-0.3, -0.25) is 0 Å². The van der Waals surface area contributed by atoms with Crippen LogP contribution in [0.4, 0.5) is 0 Å². The number of hydrogen-bond donors (Lipinski definition) is 1. The molecule has 1 heteroatoms. The first-order valence-electron chi connectivity index (χ1n) is 8.24. The minimum absolute atomic E-state index is 0.524. The Morgan fingerprint density at radius 1 is 0.889 bits per heavy atom. The van der Waals surface area contributed by atoms with Gasteiger partial charge in [0.1, 0.15) is 0 Å². The third-order valence-electron chi connectivity index (χ3n) is 3.84. The lowest BCUT2D eigenvalue weighted by atomic mass is 9.80. The Kier molecular flexibility index (Phi) is 10.8. The van der Waals surface area contributed by atoms with Crippen LogP contribution in [-0.4, -0.2) is 13.1 Å². The fraction of sp³-hybridized carbons (Fsp3) is 1.00. The van der Waals surface area contributed by atoms with E-state index in [4.69, 9.17) is 0 Å². The zero-order valence-corrected chi connectivity index (χ0v) is 13.6. The molecule has 0 aliphatic heterocycles. The van der Waals surface area contributed by atoms with Crippen molar-refractivity contribution in [2.24, 2.45) is 11.3 Å². The summed E-state index contributed by atoms with van der Waals surface area (Å²) in [5, 5.41) is 3.66. The third kappa shape index (κ3) is 9.94. The van der Waals surface area contributed by atoms with Crippen molar-refractivity contribution in [1.82, 2.24) is 5.32 Å². The molecule has 1 unspecified atom stereocenters. The fourth-order valence-corrected chi connectivity index (χ4v) is 2.72. The molecule has 1 atom stereocenters. The van der Waals surface area contributed by atoms with Crippen molar-refractivity contribution < 1.29 is 0 Å². The van der Waals surface area contributed by atoms with Gasteiger partial charge >= 0.3 is 0 Å². The molecule has 0 bridgehead atoms. The summed E-state index contributed by atoms with van der Waals surface area (Å²) in [4.78, 5) is 0. The summed E-state index contributed by atoms with van der Waals surface area (Å²) in [6.07, 6.45) is 11.1. The van der Waals surface area contributed by atoms with Crippen molar-refractivity contribution >= 4 is 0 Å². The Hall–Kier alpha value is -0.0400. The number of hydrogen-bond acceptors (Lipinski definition) is 1. The van der Waals surface area contributed by atoms with E-state index in [2.05, 4.69) is 39.9 Å². The molecule has 1 N–H and O–H groups in total. The second-order valence-corrected chi connectivity index (χ2v) is 6.75. The Bertz CT molecular complexity index is 176. The largest absolute Gasteiger partial charge is 0.316 e. The minimum Gasteiger partial charge on any atom is -0.316 e. The summed E-state index contributed by atoms with van der Waals surface area (Å²) in [5.74, 6) is 0.764. The van der Waals surface area contributed by atoms with Gasteiger partial charge in [-0.25, -0.2) is 0 Å². The van der Waals surface area contributed by atoms with E-state index in [0.29, 0.717) is 5.41 Å². The Balaban J connectivity index is 3.85.